The fraction of sp³-hybridized carbons (Fsp3) is 0.529. The topological polar surface area (TPSA) is 62.4 Å². The molecule has 0 radical (unpaired) electrons. The van der Waals surface area contributed by atoms with Crippen molar-refractivity contribution in [1.29, 1.82) is 0 Å². The van der Waals surface area contributed by atoms with Crippen LogP contribution in [-0.4, -0.2) is 33.2 Å². The summed E-state index contributed by atoms with van der Waals surface area (Å²) in [5, 5.41) is 14.5. The molecule has 0 saturated carbocycles. The molecule has 5 nitrogen and oxygen atoms in total. The lowest BCUT2D eigenvalue weighted by Gasteiger charge is -2.34. The van der Waals surface area contributed by atoms with Crippen molar-refractivity contribution in [1.82, 2.24) is 15.0 Å². The second-order valence-corrected chi connectivity index (χ2v) is 6.12. The van der Waals surface area contributed by atoms with E-state index in [0.717, 1.165) is 49.6 Å². The summed E-state index contributed by atoms with van der Waals surface area (Å²) in [6, 6.07) is 5.71. The van der Waals surface area contributed by atoms with Gasteiger partial charge in [-0.15, -0.1) is 0 Å². The molecule has 5 heteroatoms. The zero-order chi connectivity index (χ0) is 15.5. The van der Waals surface area contributed by atoms with Gasteiger partial charge >= 0.3 is 0 Å². The Kier molecular flexibility index (Phi) is 4.55. The summed E-state index contributed by atoms with van der Waals surface area (Å²) >= 11 is 0. The lowest BCUT2D eigenvalue weighted by Crippen LogP contribution is -2.35. The summed E-state index contributed by atoms with van der Waals surface area (Å²) in [6.45, 7) is 6.81. The van der Waals surface area contributed by atoms with Crippen LogP contribution < -0.4 is 0 Å². The number of aromatic nitrogens is 2. The van der Waals surface area contributed by atoms with E-state index in [1.54, 1.807) is 6.20 Å². The third kappa shape index (κ3) is 3.20. The zero-order valence-corrected chi connectivity index (χ0v) is 13.2. The van der Waals surface area contributed by atoms with Gasteiger partial charge in [0, 0.05) is 18.3 Å². The fourth-order valence-electron chi connectivity index (χ4n) is 3.17. The summed E-state index contributed by atoms with van der Waals surface area (Å²) < 4.78 is 5.23. The minimum Gasteiger partial charge on any atom is -0.387 e. The third-order valence-corrected chi connectivity index (χ3v) is 4.63. The molecule has 1 N–H and O–H groups in total. The Bertz CT molecular complexity index is 584. The van der Waals surface area contributed by atoms with Gasteiger partial charge in [-0.25, -0.2) is 0 Å². The summed E-state index contributed by atoms with van der Waals surface area (Å²) in [5.41, 5.74) is 2.96. The van der Waals surface area contributed by atoms with Gasteiger partial charge in [0.15, 0.2) is 0 Å². The van der Waals surface area contributed by atoms with Crippen LogP contribution in [0.3, 0.4) is 0 Å². The molecule has 2 aromatic rings. The van der Waals surface area contributed by atoms with Crippen molar-refractivity contribution < 1.29 is 9.63 Å². The third-order valence-electron chi connectivity index (χ3n) is 4.63. The van der Waals surface area contributed by atoms with E-state index in [1.165, 1.54) is 5.56 Å². The molecule has 0 amide bonds. The maximum Gasteiger partial charge on any atom is 0.138 e. The number of rotatable bonds is 4. The van der Waals surface area contributed by atoms with Gasteiger partial charge in [-0.3, -0.25) is 9.88 Å². The largest absolute Gasteiger partial charge is 0.387 e. The number of piperidine rings is 1. The van der Waals surface area contributed by atoms with Crippen molar-refractivity contribution in [3.63, 3.8) is 0 Å². The Balaban J connectivity index is 1.56. The van der Waals surface area contributed by atoms with Gasteiger partial charge in [-0.1, -0.05) is 11.2 Å². The van der Waals surface area contributed by atoms with Gasteiger partial charge < -0.3 is 9.63 Å². The second-order valence-electron chi connectivity index (χ2n) is 6.12. The molecule has 1 aliphatic heterocycles. The molecular weight excluding hydrogens is 278 g/mol. The van der Waals surface area contributed by atoms with Crippen LogP contribution in [-0.2, 0) is 6.54 Å². The van der Waals surface area contributed by atoms with E-state index in [9.17, 15) is 5.11 Å². The average Bonchev–Trinajstić information content (AvgIpc) is 2.88. The highest BCUT2D eigenvalue weighted by Gasteiger charge is 2.27. The summed E-state index contributed by atoms with van der Waals surface area (Å²) in [7, 11) is 0. The van der Waals surface area contributed by atoms with Crippen molar-refractivity contribution in [2.24, 2.45) is 5.92 Å². The van der Waals surface area contributed by atoms with E-state index >= 15 is 0 Å². The predicted octanol–water partition coefficient (Wildman–Crippen LogP) is 2.63. The first-order valence-corrected chi connectivity index (χ1v) is 7.88. The molecule has 2 aromatic heterocycles. The van der Waals surface area contributed by atoms with Crippen LogP contribution in [0.5, 0.6) is 0 Å². The van der Waals surface area contributed by atoms with Crippen molar-refractivity contribution >= 4 is 0 Å². The Morgan fingerprint density at radius 1 is 1.32 bits per heavy atom. The number of nitrogens with zero attached hydrogens (tertiary/aromatic N) is 3. The fourth-order valence-corrected chi connectivity index (χ4v) is 3.17. The van der Waals surface area contributed by atoms with Crippen LogP contribution in [0.25, 0.3) is 0 Å². The lowest BCUT2D eigenvalue weighted by molar-refractivity contribution is 0.0538. The Hall–Kier alpha value is -1.72. The molecule has 1 saturated heterocycles. The highest BCUT2D eigenvalue weighted by molar-refractivity contribution is 5.20. The number of aliphatic hydroxyl groups is 1. The standard InChI is InChI=1S/C17H23N3O2/c1-12-15(13(2)22-19-12)11-20-9-6-14(7-10-20)17(21)16-5-3-4-8-18-16/h3-5,8,14,17,21H,6-7,9-11H2,1-2H3. The van der Waals surface area contributed by atoms with Crippen molar-refractivity contribution in [2.75, 3.05) is 13.1 Å². The first-order valence-electron chi connectivity index (χ1n) is 7.88. The van der Waals surface area contributed by atoms with Crippen LogP contribution >= 0.6 is 0 Å². The van der Waals surface area contributed by atoms with Gasteiger partial charge in [-0.05, 0) is 57.8 Å². The molecule has 3 rings (SSSR count). The summed E-state index contributed by atoms with van der Waals surface area (Å²) in [4.78, 5) is 6.68. The molecule has 1 aliphatic rings. The molecule has 3 heterocycles. The monoisotopic (exact) mass is 301 g/mol. The van der Waals surface area contributed by atoms with Gasteiger partial charge in [0.2, 0.25) is 0 Å². The molecule has 0 bridgehead atoms. The molecule has 0 aromatic carbocycles. The second kappa shape index (κ2) is 6.58. The molecule has 1 atom stereocenters. The Morgan fingerprint density at radius 3 is 2.68 bits per heavy atom. The minimum absolute atomic E-state index is 0.288. The smallest absolute Gasteiger partial charge is 0.138 e. The van der Waals surface area contributed by atoms with E-state index < -0.39 is 6.10 Å². The number of aryl methyl sites for hydroxylation is 2. The quantitative estimate of drug-likeness (QED) is 0.940. The Labute approximate surface area is 131 Å². The van der Waals surface area contributed by atoms with Crippen LogP contribution in [0.2, 0.25) is 0 Å². The van der Waals surface area contributed by atoms with E-state index in [2.05, 4.69) is 15.0 Å². The first-order chi connectivity index (χ1) is 10.6. The van der Waals surface area contributed by atoms with Crippen LogP contribution in [0, 0.1) is 19.8 Å². The molecule has 0 spiro atoms. The number of hydrogen-bond donors (Lipinski definition) is 1. The van der Waals surface area contributed by atoms with Gasteiger partial charge in [0.25, 0.3) is 0 Å². The van der Waals surface area contributed by atoms with Crippen molar-refractivity contribution in [2.45, 2.75) is 39.3 Å². The number of pyridine rings is 1. The molecule has 1 fully saturated rings. The molecular formula is C17H23N3O2. The molecule has 1 unspecified atom stereocenters. The van der Waals surface area contributed by atoms with E-state index in [0.29, 0.717) is 0 Å². The van der Waals surface area contributed by atoms with Crippen molar-refractivity contribution in [3.05, 3.63) is 47.1 Å². The zero-order valence-electron chi connectivity index (χ0n) is 13.2. The summed E-state index contributed by atoms with van der Waals surface area (Å²) in [5.74, 6) is 1.20. The van der Waals surface area contributed by atoms with Gasteiger partial charge in [-0.2, -0.15) is 0 Å². The van der Waals surface area contributed by atoms with Crippen LogP contribution in [0.1, 0.15) is 41.7 Å². The van der Waals surface area contributed by atoms with E-state index in [1.807, 2.05) is 32.0 Å². The SMILES string of the molecule is Cc1noc(C)c1CN1CCC(C(O)c2ccccn2)CC1. The van der Waals surface area contributed by atoms with Crippen LogP contribution in [0.15, 0.2) is 28.9 Å². The lowest BCUT2D eigenvalue weighted by atomic mass is 9.89. The number of likely N-dealkylation sites (tertiary alicyclic amines) is 1. The van der Waals surface area contributed by atoms with Gasteiger partial charge in [0.1, 0.15) is 5.76 Å². The van der Waals surface area contributed by atoms with Crippen LogP contribution in [0.4, 0.5) is 0 Å². The normalized spacial score (nSPS) is 18.5. The van der Waals surface area contributed by atoms with Gasteiger partial charge in [0.05, 0.1) is 17.5 Å². The number of aliphatic hydroxyl groups excluding tert-OH is 1. The average molecular weight is 301 g/mol. The highest BCUT2D eigenvalue weighted by atomic mass is 16.5. The minimum atomic E-state index is -0.456. The van der Waals surface area contributed by atoms with E-state index in [-0.39, 0.29) is 5.92 Å². The maximum absolute atomic E-state index is 10.5. The molecule has 118 valence electrons. The molecule has 22 heavy (non-hydrogen) atoms. The summed E-state index contributed by atoms with van der Waals surface area (Å²) in [6.07, 6.45) is 3.26. The highest BCUT2D eigenvalue weighted by Crippen LogP contribution is 2.30. The molecule has 0 aliphatic carbocycles. The first kappa shape index (κ1) is 15.2. The number of hydrogen-bond acceptors (Lipinski definition) is 5. The predicted molar refractivity (Wildman–Crippen MR) is 83.2 cm³/mol. The maximum atomic E-state index is 10.5. The Morgan fingerprint density at radius 2 is 2.09 bits per heavy atom. The van der Waals surface area contributed by atoms with E-state index in [4.69, 9.17) is 4.52 Å². The van der Waals surface area contributed by atoms with Crippen molar-refractivity contribution in [3.8, 4) is 0 Å².